The molecule has 0 spiro atoms. The number of thioether (sulfide) groups is 1. The van der Waals surface area contributed by atoms with Crippen LogP contribution in [0.4, 0.5) is 23.1 Å². The normalized spacial score (nSPS) is 12.3. The van der Waals surface area contributed by atoms with Gasteiger partial charge in [0.15, 0.2) is 4.34 Å². The molecule has 146 valence electrons. The third-order valence-electron chi connectivity index (χ3n) is 3.03. The molecule has 0 aliphatic heterocycles. The summed E-state index contributed by atoms with van der Waals surface area (Å²) >= 11 is 1.89. The van der Waals surface area contributed by atoms with Crippen LogP contribution in [0.2, 0.25) is 0 Å². The predicted molar refractivity (Wildman–Crippen MR) is 96.6 cm³/mol. The van der Waals surface area contributed by atoms with Crippen molar-refractivity contribution < 1.29 is 22.8 Å². The van der Waals surface area contributed by atoms with E-state index < -0.39 is 29.9 Å². The predicted octanol–water partition coefficient (Wildman–Crippen LogP) is 3.02. The van der Waals surface area contributed by atoms with Crippen LogP contribution >= 0.6 is 23.1 Å². The zero-order valence-electron chi connectivity index (χ0n) is 14.0. The first-order valence-corrected chi connectivity index (χ1v) is 9.36. The van der Waals surface area contributed by atoms with Gasteiger partial charge in [-0.1, -0.05) is 53.4 Å². The minimum absolute atomic E-state index is 0.00281. The third-order valence-corrected chi connectivity index (χ3v) is 5.09. The Morgan fingerprint density at radius 1 is 1.22 bits per heavy atom. The molecule has 2 aromatic rings. The maximum absolute atomic E-state index is 12.2. The summed E-state index contributed by atoms with van der Waals surface area (Å²) < 4.78 is 36.8. The van der Waals surface area contributed by atoms with Gasteiger partial charge in [0.2, 0.25) is 11.0 Å². The molecule has 1 atom stereocenters. The molecule has 0 aliphatic carbocycles. The van der Waals surface area contributed by atoms with Crippen LogP contribution in [-0.2, 0) is 11.3 Å². The topological polar surface area (TPSA) is 96.0 Å². The van der Waals surface area contributed by atoms with Crippen molar-refractivity contribution in [2.75, 3.05) is 11.9 Å². The Hall–Kier alpha value is -2.34. The summed E-state index contributed by atoms with van der Waals surface area (Å²) in [5.41, 5.74) is 0.885. The van der Waals surface area contributed by atoms with E-state index in [0.717, 1.165) is 28.7 Å². The molecule has 1 heterocycles. The summed E-state index contributed by atoms with van der Waals surface area (Å²) in [5, 5.41) is 13.5. The van der Waals surface area contributed by atoms with Crippen LogP contribution in [0.25, 0.3) is 0 Å². The van der Waals surface area contributed by atoms with Gasteiger partial charge in [-0.15, -0.1) is 10.2 Å². The van der Waals surface area contributed by atoms with Crippen molar-refractivity contribution in [3.8, 4) is 0 Å². The number of aromatic nitrogens is 2. The lowest BCUT2D eigenvalue weighted by Crippen LogP contribution is -2.42. The highest BCUT2D eigenvalue weighted by atomic mass is 32.2. The summed E-state index contributed by atoms with van der Waals surface area (Å²) in [6.07, 6.45) is -4.36. The van der Waals surface area contributed by atoms with E-state index >= 15 is 0 Å². The Labute approximate surface area is 161 Å². The van der Waals surface area contributed by atoms with Gasteiger partial charge in [-0.25, -0.2) is 4.79 Å². The lowest BCUT2D eigenvalue weighted by atomic mass is 10.2. The van der Waals surface area contributed by atoms with Crippen LogP contribution in [-0.4, -0.2) is 40.1 Å². The highest BCUT2D eigenvalue weighted by Gasteiger charge is 2.27. The van der Waals surface area contributed by atoms with Crippen LogP contribution in [0.3, 0.4) is 0 Å². The number of nitrogens with zero attached hydrogens (tertiary/aromatic N) is 2. The standard InChI is InChI=1S/C15H16F3N5O2S2/c1-9(26-14-23-22-13(27-14)20-8-15(16,17)18)11(24)21-12(25)19-7-10-5-3-2-4-6-10/h2-6,9H,7-8H2,1H3,(H,20,22)(H2,19,21,24,25). The summed E-state index contributed by atoms with van der Waals surface area (Å²) in [5.74, 6) is -0.550. The Morgan fingerprint density at radius 3 is 2.59 bits per heavy atom. The number of alkyl halides is 3. The van der Waals surface area contributed by atoms with Crippen molar-refractivity contribution in [1.82, 2.24) is 20.8 Å². The number of nitrogens with one attached hydrogen (secondary N) is 3. The average Bonchev–Trinajstić information content (AvgIpc) is 3.06. The molecule has 3 N–H and O–H groups in total. The molecule has 1 aromatic carbocycles. The molecular formula is C15H16F3N5O2S2. The summed E-state index contributed by atoms with van der Waals surface area (Å²) in [6.45, 7) is 0.602. The second-order valence-electron chi connectivity index (χ2n) is 5.26. The number of urea groups is 1. The third kappa shape index (κ3) is 7.83. The number of benzene rings is 1. The second-order valence-corrected chi connectivity index (χ2v) is 7.82. The largest absolute Gasteiger partial charge is 0.405 e. The van der Waals surface area contributed by atoms with Crippen LogP contribution < -0.4 is 16.0 Å². The van der Waals surface area contributed by atoms with Crippen molar-refractivity contribution in [2.24, 2.45) is 0 Å². The fraction of sp³-hybridized carbons (Fsp3) is 0.333. The van der Waals surface area contributed by atoms with E-state index in [1.807, 2.05) is 30.3 Å². The van der Waals surface area contributed by atoms with E-state index in [0.29, 0.717) is 4.34 Å². The van der Waals surface area contributed by atoms with E-state index in [9.17, 15) is 22.8 Å². The molecule has 3 amide bonds. The number of halogens is 3. The number of carbonyl (C=O) groups excluding carboxylic acids is 2. The number of rotatable bonds is 7. The highest BCUT2D eigenvalue weighted by Crippen LogP contribution is 2.29. The monoisotopic (exact) mass is 419 g/mol. The van der Waals surface area contributed by atoms with Gasteiger partial charge in [-0.2, -0.15) is 13.2 Å². The Morgan fingerprint density at radius 2 is 1.93 bits per heavy atom. The maximum atomic E-state index is 12.2. The molecule has 0 bridgehead atoms. The summed E-state index contributed by atoms with van der Waals surface area (Å²) in [7, 11) is 0. The van der Waals surface area contributed by atoms with Crippen molar-refractivity contribution in [1.29, 1.82) is 0 Å². The Bertz CT molecular complexity index is 770. The number of hydrogen-bond donors (Lipinski definition) is 3. The fourth-order valence-electron chi connectivity index (χ4n) is 1.75. The van der Waals surface area contributed by atoms with Crippen LogP contribution in [0.5, 0.6) is 0 Å². The van der Waals surface area contributed by atoms with Crippen LogP contribution in [0, 0.1) is 0 Å². The van der Waals surface area contributed by atoms with Crippen molar-refractivity contribution in [2.45, 2.75) is 29.2 Å². The fourth-order valence-corrected chi connectivity index (χ4v) is 3.64. The van der Waals surface area contributed by atoms with Crippen LogP contribution in [0.15, 0.2) is 34.7 Å². The number of carbonyl (C=O) groups is 2. The quantitative estimate of drug-likeness (QED) is 0.597. The number of hydrogen-bond acceptors (Lipinski definition) is 7. The first-order chi connectivity index (χ1) is 12.7. The molecule has 0 aliphatic rings. The Kier molecular flexibility index (Phi) is 7.42. The minimum atomic E-state index is -4.36. The van der Waals surface area contributed by atoms with Gasteiger partial charge in [0.1, 0.15) is 6.54 Å². The minimum Gasteiger partial charge on any atom is -0.351 e. The van der Waals surface area contributed by atoms with Crippen molar-refractivity contribution in [3.05, 3.63) is 35.9 Å². The molecular weight excluding hydrogens is 403 g/mol. The van der Waals surface area contributed by atoms with Gasteiger partial charge < -0.3 is 10.6 Å². The van der Waals surface area contributed by atoms with Gasteiger partial charge in [-0.05, 0) is 12.5 Å². The van der Waals surface area contributed by atoms with Gasteiger partial charge in [0, 0.05) is 6.54 Å². The van der Waals surface area contributed by atoms with Gasteiger partial charge in [0.05, 0.1) is 5.25 Å². The SMILES string of the molecule is CC(Sc1nnc(NCC(F)(F)F)s1)C(=O)NC(=O)NCc1ccccc1. The number of anilines is 1. The van der Waals surface area contributed by atoms with Crippen molar-refractivity contribution >= 4 is 40.2 Å². The molecule has 27 heavy (non-hydrogen) atoms. The summed E-state index contributed by atoms with van der Waals surface area (Å²) in [6, 6.07) is 8.54. The molecule has 2 rings (SSSR count). The van der Waals surface area contributed by atoms with Crippen molar-refractivity contribution in [3.63, 3.8) is 0 Å². The molecule has 0 saturated carbocycles. The van der Waals surface area contributed by atoms with E-state index in [1.165, 1.54) is 0 Å². The number of imide groups is 1. The molecule has 1 unspecified atom stereocenters. The highest BCUT2D eigenvalue weighted by molar-refractivity contribution is 8.02. The number of amides is 3. The first kappa shape index (κ1) is 21.0. The molecule has 0 fully saturated rings. The first-order valence-electron chi connectivity index (χ1n) is 7.66. The average molecular weight is 419 g/mol. The molecule has 7 nitrogen and oxygen atoms in total. The van der Waals surface area contributed by atoms with E-state index in [-0.39, 0.29) is 11.7 Å². The van der Waals surface area contributed by atoms with E-state index in [4.69, 9.17) is 0 Å². The van der Waals surface area contributed by atoms with Gasteiger partial charge >= 0.3 is 12.2 Å². The zero-order valence-corrected chi connectivity index (χ0v) is 15.7. The summed E-state index contributed by atoms with van der Waals surface area (Å²) in [4.78, 5) is 23.8. The maximum Gasteiger partial charge on any atom is 0.405 e. The van der Waals surface area contributed by atoms with Gasteiger partial charge in [0.25, 0.3) is 0 Å². The van der Waals surface area contributed by atoms with Gasteiger partial charge in [-0.3, -0.25) is 10.1 Å². The molecule has 0 radical (unpaired) electrons. The lowest BCUT2D eigenvalue weighted by molar-refractivity contribution is -0.119. The Balaban J connectivity index is 1.76. The molecule has 1 aromatic heterocycles. The molecule has 12 heteroatoms. The smallest absolute Gasteiger partial charge is 0.351 e. The zero-order chi connectivity index (χ0) is 19.9. The molecule has 0 saturated heterocycles. The second kappa shape index (κ2) is 9.55. The van der Waals surface area contributed by atoms with E-state index in [1.54, 1.807) is 6.92 Å². The van der Waals surface area contributed by atoms with E-state index in [2.05, 4.69) is 26.1 Å². The lowest BCUT2D eigenvalue weighted by Gasteiger charge is -2.10. The van der Waals surface area contributed by atoms with Crippen LogP contribution in [0.1, 0.15) is 12.5 Å².